The zero-order chi connectivity index (χ0) is 20.6. The molecule has 0 radical (unpaired) electrons. The van der Waals surface area contributed by atoms with Crippen LogP contribution in [0.5, 0.6) is 0 Å². The summed E-state index contributed by atoms with van der Waals surface area (Å²) in [6, 6.07) is 0.928. The highest BCUT2D eigenvalue weighted by molar-refractivity contribution is 7.89. The number of amides is 1. The van der Waals surface area contributed by atoms with Crippen LogP contribution in [0.15, 0.2) is 29.4 Å². The van der Waals surface area contributed by atoms with Crippen LogP contribution in [0, 0.1) is 5.82 Å². The minimum absolute atomic E-state index is 0.0853. The normalized spacial score (nSPS) is 13.4. The van der Waals surface area contributed by atoms with E-state index in [9.17, 15) is 26.4 Å². The Hall–Kier alpha value is -2.11. The number of aromatic nitrogens is 2. The first-order valence-corrected chi connectivity index (χ1v) is 9.37. The first-order chi connectivity index (χ1) is 12.3. The molecule has 2 aromatic heterocycles. The number of halogens is 4. The maximum atomic E-state index is 14.6. The fraction of sp³-hybridized carbons (Fsp3) is 0.333. The van der Waals surface area contributed by atoms with Crippen LogP contribution in [0.1, 0.15) is 24.3 Å². The van der Waals surface area contributed by atoms with Crippen LogP contribution < -0.4 is 10.0 Å². The molecule has 0 saturated heterocycles. The van der Waals surface area contributed by atoms with Gasteiger partial charge in [-0.05, 0) is 19.1 Å². The van der Waals surface area contributed by atoms with Gasteiger partial charge in [0.15, 0.2) is 5.82 Å². The second-order valence-electron chi connectivity index (χ2n) is 5.89. The van der Waals surface area contributed by atoms with Gasteiger partial charge in [0, 0.05) is 32.1 Å². The maximum absolute atomic E-state index is 14.6. The summed E-state index contributed by atoms with van der Waals surface area (Å²) >= 11 is 5.70. The largest absolute Gasteiger partial charge is 0.343 e. The molecule has 0 bridgehead atoms. The Morgan fingerprint density at radius 3 is 2.59 bits per heavy atom. The lowest BCUT2D eigenvalue weighted by Crippen LogP contribution is -2.43. The average Bonchev–Trinajstić information content (AvgIpc) is 2.81. The van der Waals surface area contributed by atoms with E-state index in [0.29, 0.717) is 6.92 Å². The summed E-state index contributed by atoms with van der Waals surface area (Å²) in [5.74, 6) is -5.68. The number of carbonyl (C=O) groups is 1. The molecule has 0 aromatic carbocycles. The van der Waals surface area contributed by atoms with Gasteiger partial charge < -0.3 is 9.88 Å². The second kappa shape index (κ2) is 7.49. The molecule has 0 aliphatic rings. The predicted octanol–water partition coefficient (Wildman–Crippen LogP) is 2.79. The number of nitrogens with zero attached hydrogens (tertiary/aromatic N) is 2. The van der Waals surface area contributed by atoms with Gasteiger partial charge in [0.2, 0.25) is 10.0 Å². The molecule has 0 fully saturated rings. The lowest BCUT2D eigenvalue weighted by Gasteiger charge is -2.20. The van der Waals surface area contributed by atoms with E-state index in [2.05, 4.69) is 10.3 Å². The van der Waals surface area contributed by atoms with E-state index in [-0.39, 0.29) is 10.8 Å². The van der Waals surface area contributed by atoms with Crippen molar-refractivity contribution >= 4 is 33.2 Å². The van der Waals surface area contributed by atoms with Crippen molar-refractivity contribution in [3.8, 4) is 0 Å². The van der Waals surface area contributed by atoms with Crippen LogP contribution in [0.3, 0.4) is 0 Å². The van der Waals surface area contributed by atoms with E-state index >= 15 is 0 Å². The minimum Gasteiger partial charge on any atom is -0.343 e. The molecule has 12 heteroatoms. The fourth-order valence-electron chi connectivity index (χ4n) is 2.09. The van der Waals surface area contributed by atoms with Gasteiger partial charge in [0.1, 0.15) is 15.7 Å². The van der Waals surface area contributed by atoms with Gasteiger partial charge >= 0.3 is 0 Å². The van der Waals surface area contributed by atoms with Gasteiger partial charge in [-0.2, -0.15) is 0 Å². The number of hydrogen-bond acceptors (Lipinski definition) is 4. The maximum Gasteiger partial charge on any atom is 0.275 e. The Balaban J connectivity index is 2.34. The van der Waals surface area contributed by atoms with Crippen molar-refractivity contribution in [2.75, 3.05) is 5.32 Å². The number of pyridine rings is 1. The van der Waals surface area contributed by atoms with E-state index in [0.717, 1.165) is 17.7 Å². The molecule has 1 atom stereocenters. The molecule has 0 spiro atoms. The summed E-state index contributed by atoms with van der Waals surface area (Å²) in [6.45, 7) is 1.47. The Kier molecular flexibility index (Phi) is 5.88. The third-order valence-corrected chi connectivity index (χ3v) is 5.40. The van der Waals surface area contributed by atoms with Crippen molar-refractivity contribution in [2.45, 2.75) is 30.7 Å². The van der Waals surface area contributed by atoms with Crippen molar-refractivity contribution < 1.29 is 26.4 Å². The van der Waals surface area contributed by atoms with Crippen molar-refractivity contribution in [3.63, 3.8) is 0 Å². The summed E-state index contributed by atoms with van der Waals surface area (Å²) in [4.78, 5) is 15.1. The summed E-state index contributed by atoms with van der Waals surface area (Å²) < 4.78 is 68.3. The van der Waals surface area contributed by atoms with E-state index in [4.69, 9.17) is 11.6 Å². The van der Waals surface area contributed by atoms with E-state index in [1.807, 2.05) is 0 Å². The number of aryl methyl sites for hydroxylation is 1. The van der Waals surface area contributed by atoms with Gasteiger partial charge in [-0.25, -0.2) is 31.3 Å². The Morgan fingerprint density at radius 1 is 1.41 bits per heavy atom. The smallest absolute Gasteiger partial charge is 0.275 e. The molecule has 0 aliphatic carbocycles. The Labute approximate surface area is 158 Å². The van der Waals surface area contributed by atoms with Crippen LogP contribution in [0.25, 0.3) is 0 Å². The topological polar surface area (TPSA) is 93.1 Å². The van der Waals surface area contributed by atoms with Gasteiger partial charge in [-0.3, -0.25) is 4.79 Å². The molecule has 0 unspecified atom stereocenters. The number of sulfonamides is 1. The quantitative estimate of drug-likeness (QED) is 0.697. The van der Waals surface area contributed by atoms with Crippen LogP contribution in [-0.4, -0.2) is 35.8 Å². The Bertz CT molecular complexity index is 973. The molecular weight excluding hydrogens is 409 g/mol. The number of carbonyl (C=O) groups excluding carboxylic acids is 1. The van der Waals surface area contributed by atoms with Gasteiger partial charge in [-0.1, -0.05) is 11.6 Å². The monoisotopic (exact) mass is 424 g/mol. The molecular formula is C15H16ClF3N4O3S. The number of nitrogens with one attached hydrogen (secondary N) is 2. The van der Waals surface area contributed by atoms with Crippen molar-refractivity contribution in [3.05, 3.63) is 41.2 Å². The molecule has 2 N–H and O–H groups in total. The molecule has 7 nitrogen and oxygen atoms in total. The molecule has 0 saturated carbocycles. The number of anilines is 1. The molecule has 2 rings (SSSR count). The highest BCUT2D eigenvalue weighted by atomic mass is 35.5. The highest BCUT2D eigenvalue weighted by Gasteiger charge is 2.36. The lowest BCUT2D eigenvalue weighted by molar-refractivity contribution is -0.00490. The first kappa shape index (κ1) is 21.2. The standard InChI is InChI=1S/C15H16ClF3N4O3S/c1-8(15(2,18)19)22-27(25,26)10-7-23(3)13(12(10)17)14(24)21-9-4-5-20-11(16)6-9/h4-8,22H,1-3H3,(H,20,21,24)/t8-/m0/s1. The number of rotatable bonds is 6. The zero-order valence-electron chi connectivity index (χ0n) is 14.4. The van der Waals surface area contributed by atoms with E-state index in [1.165, 1.54) is 25.4 Å². The lowest BCUT2D eigenvalue weighted by atomic mass is 10.2. The fourth-order valence-corrected chi connectivity index (χ4v) is 3.69. The number of alkyl halides is 2. The summed E-state index contributed by atoms with van der Waals surface area (Å²) in [5.41, 5.74) is -0.387. The van der Waals surface area contributed by atoms with Crippen LogP contribution >= 0.6 is 11.6 Å². The summed E-state index contributed by atoms with van der Waals surface area (Å²) in [5, 5.41) is 2.44. The van der Waals surface area contributed by atoms with Crippen LogP contribution in [0.2, 0.25) is 5.15 Å². The Morgan fingerprint density at radius 2 is 2.04 bits per heavy atom. The van der Waals surface area contributed by atoms with Gasteiger partial charge in [0.25, 0.3) is 11.8 Å². The molecule has 27 heavy (non-hydrogen) atoms. The van der Waals surface area contributed by atoms with Gasteiger partial charge in [0.05, 0.1) is 6.04 Å². The van der Waals surface area contributed by atoms with Crippen molar-refractivity contribution in [1.82, 2.24) is 14.3 Å². The third-order valence-electron chi connectivity index (χ3n) is 3.67. The average molecular weight is 425 g/mol. The summed E-state index contributed by atoms with van der Waals surface area (Å²) in [7, 11) is -3.38. The molecule has 2 heterocycles. The molecule has 0 aliphatic heterocycles. The highest BCUT2D eigenvalue weighted by Crippen LogP contribution is 2.24. The predicted molar refractivity (Wildman–Crippen MR) is 93.0 cm³/mol. The second-order valence-corrected chi connectivity index (χ2v) is 7.96. The van der Waals surface area contributed by atoms with E-state index in [1.54, 1.807) is 4.72 Å². The molecule has 1 amide bonds. The van der Waals surface area contributed by atoms with Crippen LogP contribution in [-0.2, 0) is 17.1 Å². The number of hydrogen-bond donors (Lipinski definition) is 2. The van der Waals surface area contributed by atoms with E-state index < -0.39 is 44.3 Å². The zero-order valence-corrected chi connectivity index (χ0v) is 16.0. The SMILES string of the molecule is C[C@H](NS(=O)(=O)c1cn(C)c(C(=O)Nc2ccnc(Cl)c2)c1F)C(C)(F)F. The molecule has 148 valence electrons. The van der Waals surface area contributed by atoms with Crippen LogP contribution in [0.4, 0.5) is 18.9 Å². The minimum atomic E-state index is -4.63. The van der Waals surface area contributed by atoms with Crippen molar-refractivity contribution in [1.29, 1.82) is 0 Å². The summed E-state index contributed by atoms with van der Waals surface area (Å²) in [6.07, 6.45) is 2.14. The first-order valence-electron chi connectivity index (χ1n) is 7.51. The van der Waals surface area contributed by atoms with Gasteiger partial charge in [-0.15, -0.1) is 0 Å². The van der Waals surface area contributed by atoms with Crippen molar-refractivity contribution in [2.24, 2.45) is 7.05 Å². The third kappa shape index (κ3) is 4.79. The molecule has 2 aromatic rings.